The predicted octanol–water partition coefficient (Wildman–Crippen LogP) is 4.91. The van der Waals surface area contributed by atoms with E-state index in [0.717, 1.165) is 11.8 Å². The lowest BCUT2D eigenvalue weighted by atomic mass is 9.92. The fourth-order valence-electron chi connectivity index (χ4n) is 4.53. The van der Waals surface area contributed by atoms with E-state index in [1.54, 1.807) is 0 Å². The zero-order valence-electron chi connectivity index (χ0n) is 18.3. The Balaban J connectivity index is 0.000000178. The molecule has 15 heteroatoms. The fourth-order valence-corrected chi connectivity index (χ4v) is 4.53. The van der Waals surface area contributed by atoms with Gasteiger partial charge in [0.2, 0.25) is 0 Å². The molecular weight excluding hydrogens is 480 g/mol. The van der Waals surface area contributed by atoms with Crippen molar-refractivity contribution in [2.45, 2.75) is 69.8 Å². The molecule has 0 radical (unpaired) electrons. The van der Waals surface area contributed by atoms with Crippen LogP contribution in [0.4, 0.5) is 35.1 Å². The Morgan fingerprint density at radius 3 is 2.18 bits per heavy atom. The lowest BCUT2D eigenvalue weighted by Crippen LogP contribution is -2.22. The van der Waals surface area contributed by atoms with Crippen LogP contribution in [0.25, 0.3) is 0 Å². The zero-order valence-corrected chi connectivity index (χ0v) is 18.3. The van der Waals surface area contributed by atoms with Gasteiger partial charge < -0.3 is 5.84 Å². The number of nitrogens with zero attached hydrogens (tertiary/aromatic N) is 5. The average Bonchev–Trinajstić information content (AvgIpc) is 3.29. The number of nitrogen functional groups attached to an aromatic ring is 1. The lowest BCUT2D eigenvalue weighted by molar-refractivity contribution is -0.142. The van der Waals surface area contributed by atoms with Gasteiger partial charge >= 0.3 is 12.4 Å². The van der Waals surface area contributed by atoms with Crippen molar-refractivity contribution in [1.29, 1.82) is 0 Å². The molecule has 0 amide bonds. The Bertz CT molecular complexity index is 1070. The van der Waals surface area contributed by atoms with Crippen LogP contribution in [-0.2, 0) is 38.2 Å². The first-order chi connectivity index (χ1) is 15.7. The van der Waals surface area contributed by atoms with Crippen LogP contribution in [0.2, 0.25) is 0 Å². The number of hydrogen-bond acceptors (Lipinski definition) is 5. The molecule has 1 saturated carbocycles. The highest BCUT2D eigenvalue weighted by Gasteiger charge is 2.68. The molecule has 34 heavy (non-hydrogen) atoms. The highest BCUT2D eigenvalue weighted by Crippen LogP contribution is 2.68. The zero-order chi connectivity index (χ0) is 25.8. The summed E-state index contributed by atoms with van der Waals surface area (Å²) in [5, 5.41) is 9.23. The summed E-state index contributed by atoms with van der Waals surface area (Å²) >= 11 is 0. The molecule has 7 nitrogen and oxygen atoms in total. The molecule has 0 aliphatic heterocycles. The smallest absolute Gasteiger partial charge is 0.323 e. The van der Waals surface area contributed by atoms with Crippen LogP contribution in [0, 0.1) is 10.8 Å². The second-order valence-corrected chi connectivity index (χ2v) is 8.02. The summed E-state index contributed by atoms with van der Waals surface area (Å²) in [6, 6.07) is -0.613. The molecule has 3 unspecified atom stereocenters. The van der Waals surface area contributed by atoms with Crippen LogP contribution < -0.4 is 5.84 Å². The molecule has 190 valence electrons. The number of nitroso groups, excluding NO2 is 1. The Hall–Kier alpha value is -2.74. The van der Waals surface area contributed by atoms with E-state index in [1.165, 1.54) is 0 Å². The fraction of sp³-hybridized carbons (Fsp3) is 0.684. The van der Waals surface area contributed by atoms with Gasteiger partial charge in [0.1, 0.15) is 5.69 Å². The van der Waals surface area contributed by atoms with Crippen LogP contribution in [0.15, 0.2) is 5.18 Å². The first-order valence-electron chi connectivity index (χ1n) is 10.5. The predicted molar refractivity (Wildman–Crippen MR) is 103 cm³/mol. The molecule has 0 saturated heterocycles. The molecule has 2 aromatic heterocycles. The van der Waals surface area contributed by atoms with Gasteiger partial charge in [-0.05, 0) is 25.2 Å². The number of aromatic nitrogens is 4. The number of hydrogen-bond donors (Lipinski definition) is 1. The van der Waals surface area contributed by atoms with E-state index >= 15 is 0 Å². The number of nitrogens with two attached hydrogens (primary N) is 1. The molecule has 3 atom stereocenters. The van der Waals surface area contributed by atoms with E-state index in [9.17, 15) is 40.0 Å². The van der Waals surface area contributed by atoms with Gasteiger partial charge in [0.05, 0.1) is 11.7 Å². The van der Waals surface area contributed by atoms with Crippen LogP contribution >= 0.6 is 0 Å². The summed E-state index contributed by atoms with van der Waals surface area (Å²) in [6.45, 7) is 4.00. The Kier molecular flexibility index (Phi) is 6.46. The minimum Gasteiger partial charge on any atom is -0.323 e. The molecule has 2 aromatic rings. The molecule has 5 rings (SSSR count). The molecule has 0 aromatic carbocycles. The van der Waals surface area contributed by atoms with E-state index in [2.05, 4.69) is 15.4 Å². The molecule has 3 aliphatic rings. The third-order valence-electron chi connectivity index (χ3n) is 5.99. The maximum Gasteiger partial charge on any atom is 0.435 e. The van der Waals surface area contributed by atoms with Gasteiger partial charge in [-0.2, -0.15) is 49.9 Å². The Morgan fingerprint density at radius 2 is 1.65 bits per heavy atom. The highest BCUT2D eigenvalue weighted by molar-refractivity contribution is 5.46. The molecule has 0 spiro atoms. The van der Waals surface area contributed by atoms with Crippen LogP contribution in [0.1, 0.15) is 66.5 Å². The van der Waals surface area contributed by atoms with Gasteiger partial charge in [-0.15, -0.1) is 5.10 Å². The topological polar surface area (TPSA) is 91.1 Å². The van der Waals surface area contributed by atoms with Crippen molar-refractivity contribution < 1.29 is 35.1 Å². The quantitative estimate of drug-likeness (QED) is 0.341. The number of alkyl halides is 8. The Labute approximate surface area is 188 Å². The molecule has 0 bridgehead atoms. The summed E-state index contributed by atoms with van der Waals surface area (Å²) in [5.74, 6) is 0.573. The lowest BCUT2D eigenvalue weighted by Gasteiger charge is -2.17. The van der Waals surface area contributed by atoms with Crippen molar-refractivity contribution in [2.75, 3.05) is 5.84 Å². The second kappa shape index (κ2) is 8.48. The van der Waals surface area contributed by atoms with Crippen molar-refractivity contribution >= 4 is 0 Å². The van der Waals surface area contributed by atoms with Gasteiger partial charge in [-0.25, -0.2) is 0 Å². The van der Waals surface area contributed by atoms with Crippen LogP contribution in [0.5, 0.6) is 0 Å². The summed E-state index contributed by atoms with van der Waals surface area (Å²) in [6.07, 6.45) is -8.39. The van der Waals surface area contributed by atoms with Gasteiger partial charge in [-0.1, -0.05) is 19.0 Å². The van der Waals surface area contributed by atoms with Crippen LogP contribution in [-0.4, -0.2) is 25.7 Å². The number of aryl methyl sites for hydroxylation is 1. The summed E-state index contributed by atoms with van der Waals surface area (Å²) in [7, 11) is 1.13. The third-order valence-corrected chi connectivity index (χ3v) is 5.99. The molecule has 3 aliphatic carbocycles. The average molecular weight is 502 g/mol. The first-order valence-corrected chi connectivity index (χ1v) is 10.5. The van der Waals surface area contributed by atoms with Crippen LogP contribution in [0.3, 0.4) is 0 Å². The molecular formula is C19H22F8N6O. The van der Waals surface area contributed by atoms with E-state index in [0.29, 0.717) is 23.2 Å². The maximum absolute atomic E-state index is 13.6. The van der Waals surface area contributed by atoms with Gasteiger partial charge in [0, 0.05) is 30.5 Å². The summed E-state index contributed by atoms with van der Waals surface area (Å²) in [5.41, 5.74) is -2.64. The van der Waals surface area contributed by atoms with Crippen molar-refractivity contribution in [2.24, 2.45) is 18.1 Å². The summed E-state index contributed by atoms with van der Waals surface area (Å²) in [4.78, 5) is 11.1. The van der Waals surface area contributed by atoms with Crippen molar-refractivity contribution in [3.63, 3.8) is 0 Å². The van der Waals surface area contributed by atoms with Crippen molar-refractivity contribution in [1.82, 2.24) is 19.7 Å². The second-order valence-electron chi connectivity index (χ2n) is 8.02. The Morgan fingerprint density at radius 1 is 1.06 bits per heavy atom. The standard InChI is InChI=1S/C9H7F5N2.C8H9F3N4O.C2H6/c1-16-7-5(6(15-16)9(12,13)14)3-2-4(3)8(7,10)11;9-8(10,11)7-5-3-4(14-16)1-2-6(5)15(12)13-7;1-2/h3-4H,2H2,1H3;4H,1-3,12H2;1-2H3. The minimum atomic E-state index is -4.65. The van der Waals surface area contributed by atoms with E-state index in [1.807, 2.05) is 13.8 Å². The van der Waals surface area contributed by atoms with E-state index in [4.69, 9.17) is 5.84 Å². The van der Waals surface area contributed by atoms with Gasteiger partial charge in [0.25, 0.3) is 5.92 Å². The number of halogens is 8. The first kappa shape index (κ1) is 25.9. The minimum absolute atomic E-state index is 0.00542. The largest absolute Gasteiger partial charge is 0.435 e. The van der Waals surface area contributed by atoms with Gasteiger partial charge in [-0.3, -0.25) is 4.68 Å². The van der Waals surface area contributed by atoms with Crippen molar-refractivity contribution in [3.8, 4) is 0 Å². The maximum atomic E-state index is 13.6. The van der Waals surface area contributed by atoms with E-state index in [-0.39, 0.29) is 24.0 Å². The summed E-state index contributed by atoms with van der Waals surface area (Å²) < 4.78 is 103. The molecule has 1 fully saturated rings. The molecule has 2 N–H and O–H groups in total. The SMILES string of the molecule is CC.Cn1nc(C(F)(F)F)c2c1C(F)(F)C1CC21.Nn1nc(C(F)(F)F)c2c1CCC(N=O)C2. The third kappa shape index (κ3) is 4.24. The molecule has 2 heterocycles. The van der Waals surface area contributed by atoms with E-state index < -0.39 is 53.2 Å². The highest BCUT2D eigenvalue weighted by atomic mass is 19.4. The normalized spacial score (nSPS) is 24.0. The number of fused-ring (bicyclic) bond motifs is 4. The van der Waals surface area contributed by atoms with Crippen molar-refractivity contribution in [3.05, 3.63) is 38.8 Å². The van der Waals surface area contributed by atoms with Gasteiger partial charge in [0.15, 0.2) is 11.4 Å². The monoisotopic (exact) mass is 502 g/mol. The number of rotatable bonds is 1.